The molecule has 5 heteroatoms. The standard InChI is InChI=1S/C13H25N3O2/c1-15-6-2-11(3-7-15)16(8-9-17)12(18)13(10-14)4-5-13/h11,17H,2-10,14H2,1H3. The van der Waals surface area contributed by atoms with Crippen LogP contribution in [-0.2, 0) is 4.79 Å². The molecule has 2 aliphatic rings. The summed E-state index contributed by atoms with van der Waals surface area (Å²) in [7, 11) is 2.11. The molecule has 1 saturated heterocycles. The Morgan fingerprint density at radius 2 is 2.06 bits per heavy atom. The van der Waals surface area contributed by atoms with Gasteiger partial charge >= 0.3 is 0 Å². The molecule has 1 saturated carbocycles. The maximum Gasteiger partial charge on any atom is 0.230 e. The highest BCUT2D eigenvalue weighted by Gasteiger charge is 2.51. The predicted octanol–water partition coefficient (Wildman–Crippen LogP) is -0.360. The van der Waals surface area contributed by atoms with Crippen LogP contribution in [0.15, 0.2) is 0 Å². The highest BCUT2D eigenvalue weighted by atomic mass is 16.3. The summed E-state index contributed by atoms with van der Waals surface area (Å²) >= 11 is 0. The predicted molar refractivity (Wildman–Crippen MR) is 70.0 cm³/mol. The first-order valence-corrected chi connectivity index (χ1v) is 6.93. The van der Waals surface area contributed by atoms with Crippen LogP contribution in [0.2, 0.25) is 0 Å². The maximum atomic E-state index is 12.6. The lowest BCUT2D eigenvalue weighted by Gasteiger charge is -2.38. The molecular formula is C13H25N3O2. The summed E-state index contributed by atoms with van der Waals surface area (Å²) in [5, 5.41) is 9.19. The van der Waals surface area contributed by atoms with Gasteiger partial charge in [0.2, 0.25) is 5.91 Å². The van der Waals surface area contributed by atoms with E-state index in [2.05, 4.69) is 11.9 Å². The Morgan fingerprint density at radius 3 is 2.50 bits per heavy atom. The highest BCUT2D eigenvalue weighted by molar-refractivity contribution is 5.86. The zero-order valence-electron chi connectivity index (χ0n) is 11.3. The van der Waals surface area contributed by atoms with Crippen LogP contribution in [0.4, 0.5) is 0 Å². The molecule has 1 heterocycles. The van der Waals surface area contributed by atoms with E-state index in [4.69, 9.17) is 5.73 Å². The van der Waals surface area contributed by atoms with Crippen molar-refractivity contribution in [3.8, 4) is 0 Å². The molecule has 0 bridgehead atoms. The van der Waals surface area contributed by atoms with E-state index in [1.54, 1.807) is 0 Å². The minimum atomic E-state index is -0.293. The van der Waals surface area contributed by atoms with Gasteiger partial charge in [0.1, 0.15) is 0 Å². The third-order valence-electron chi connectivity index (χ3n) is 4.43. The number of likely N-dealkylation sites (tertiary alicyclic amines) is 1. The Morgan fingerprint density at radius 1 is 1.44 bits per heavy atom. The Labute approximate surface area is 109 Å². The second-order valence-corrected chi connectivity index (χ2v) is 5.74. The van der Waals surface area contributed by atoms with Gasteiger partial charge in [-0.15, -0.1) is 0 Å². The normalized spacial score (nSPS) is 23.9. The first-order valence-electron chi connectivity index (χ1n) is 6.93. The van der Waals surface area contributed by atoms with E-state index in [1.807, 2.05) is 4.90 Å². The Hall–Kier alpha value is -0.650. The molecule has 1 aliphatic carbocycles. The largest absolute Gasteiger partial charge is 0.395 e. The fraction of sp³-hybridized carbons (Fsp3) is 0.923. The number of nitrogens with zero attached hydrogens (tertiary/aromatic N) is 2. The van der Waals surface area contributed by atoms with Crippen molar-refractivity contribution < 1.29 is 9.90 Å². The number of hydrogen-bond acceptors (Lipinski definition) is 4. The van der Waals surface area contributed by atoms with Gasteiger partial charge < -0.3 is 20.6 Å². The Bertz CT molecular complexity index is 297. The van der Waals surface area contributed by atoms with Crippen molar-refractivity contribution in [2.75, 3.05) is 39.8 Å². The van der Waals surface area contributed by atoms with Crippen molar-refractivity contribution in [1.29, 1.82) is 0 Å². The van der Waals surface area contributed by atoms with Crippen LogP contribution < -0.4 is 5.73 Å². The van der Waals surface area contributed by atoms with Gasteiger partial charge in [-0.25, -0.2) is 0 Å². The van der Waals surface area contributed by atoms with Crippen LogP contribution in [-0.4, -0.2) is 66.7 Å². The average Bonchev–Trinajstić information content (AvgIpc) is 3.17. The number of aliphatic hydroxyl groups excluding tert-OH is 1. The van der Waals surface area contributed by atoms with Gasteiger partial charge in [0.25, 0.3) is 0 Å². The SMILES string of the molecule is CN1CCC(N(CCO)C(=O)C2(CN)CC2)CC1. The van der Waals surface area contributed by atoms with E-state index in [1.165, 1.54) is 0 Å². The summed E-state index contributed by atoms with van der Waals surface area (Å²) in [4.78, 5) is 16.7. The minimum absolute atomic E-state index is 0.0404. The number of hydrogen-bond donors (Lipinski definition) is 2. The number of nitrogens with two attached hydrogens (primary N) is 1. The zero-order valence-corrected chi connectivity index (χ0v) is 11.3. The molecule has 2 rings (SSSR count). The van der Waals surface area contributed by atoms with E-state index in [9.17, 15) is 9.90 Å². The van der Waals surface area contributed by atoms with Gasteiger partial charge in [0.05, 0.1) is 12.0 Å². The molecule has 1 aliphatic heterocycles. The first-order chi connectivity index (χ1) is 8.63. The summed E-state index contributed by atoms with van der Waals surface area (Å²) in [6.45, 7) is 2.99. The maximum absolute atomic E-state index is 12.6. The molecule has 1 amide bonds. The summed E-state index contributed by atoms with van der Waals surface area (Å²) in [6, 6.07) is 0.282. The molecule has 0 spiro atoms. The molecule has 18 heavy (non-hydrogen) atoms. The second-order valence-electron chi connectivity index (χ2n) is 5.74. The van der Waals surface area contributed by atoms with Gasteiger partial charge in [-0.1, -0.05) is 0 Å². The number of carbonyl (C=O) groups is 1. The van der Waals surface area contributed by atoms with Crippen LogP contribution in [0, 0.1) is 5.41 Å². The van der Waals surface area contributed by atoms with Crippen LogP contribution in [0.25, 0.3) is 0 Å². The van der Waals surface area contributed by atoms with Gasteiger partial charge in [0.15, 0.2) is 0 Å². The summed E-state index contributed by atoms with van der Waals surface area (Å²) < 4.78 is 0. The Kier molecular flexibility index (Phi) is 4.25. The van der Waals surface area contributed by atoms with Crippen molar-refractivity contribution >= 4 is 5.91 Å². The Balaban J connectivity index is 2.01. The minimum Gasteiger partial charge on any atom is -0.395 e. The van der Waals surface area contributed by atoms with Crippen molar-refractivity contribution in [3.05, 3.63) is 0 Å². The molecule has 0 aromatic carbocycles. The number of piperidine rings is 1. The quantitative estimate of drug-likeness (QED) is 0.704. The summed E-state index contributed by atoms with van der Waals surface area (Å²) in [6.07, 6.45) is 3.83. The monoisotopic (exact) mass is 255 g/mol. The molecule has 0 atom stereocenters. The van der Waals surface area contributed by atoms with E-state index >= 15 is 0 Å². The van der Waals surface area contributed by atoms with E-state index in [0.29, 0.717) is 13.1 Å². The smallest absolute Gasteiger partial charge is 0.230 e. The van der Waals surface area contributed by atoms with E-state index in [0.717, 1.165) is 38.8 Å². The molecule has 0 aromatic heterocycles. The fourth-order valence-corrected chi connectivity index (χ4v) is 2.83. The first kappa shape index (κ1) is 13.8. The van der Waals surface area contributed by atoms with Crippen molar-refractivity contribution in [3.63, 3.8) is 0 Å². The van der Waals surface area contributed by atoms with Crippen LogP contribution in [0.1, 0.15) is 25.7 Å². The number of rotatable bonds is 5. The molecule has 2 fully saturated rings. The lowest BCUT2D eigenvalue weighted by atomic mass is 9.99. The molecule has 0 aromatic rings. The van der Waals surface area contributed by atoms with Crippen molar-refractivity contribution in [2.24, 2.45) is 11.1 Å². The highest BCUT2D eigenvalue weighted by Crippen LogP contribution is 2.46. The molecular weight excluding hydrogens is 230 g/mol. The zero-order chi connectivity index (χ0) is 13.2. The van der Waals surface area contributed by atoms with Crippen molar-refractivity contribution in [2.45, 2.75) is 31.7 Å². The lowest BCUT2D eigenvalue weighted by Crippen LogP contribution is -2.51. The number of carbonyl (C=O) groups excluding carboxylic acids is 1. The molecule has 5 nitrogen and oxygen atoms in total. The lowest BCUT2D eigenvalue weighted by molar-refractivity contribution is -0.140. The van der Waals surface area contributed by atoms with Crippen molar-refractivity contribution in [1.82, 2.24) is 9.80 Å². The van der Waals surface area contributed by atoms with Gasteiger partial charge in [-0.3, -0.25) is 4.79 Å². The molecule has 3 N–H and O–H groups in total. The topological polar surface area (TPSA) is 69.8 Å². The van der Waals surface area contributed by atoms with Gasteiger partial charge in [0, 0.05) is 19.1 Å². The van der Waals surface area contributed by atoms with E-state index in [-0.39, 0.29) is 24.0 Å². The number of amides is 1. The van der Waals surface area contributed by atoms with E-state index < -0.39 is 0 Å². The summed E-state index contributed by atoms with van der Waals surface area (Å²) in [5.41, 5.74) is 5.44. The second kappa shape index (κ2) is 5.55. The average molecular weight is 255 g/mol. The van der Waals surface area contributed by atoms with Gasteiger partial charge in [-0.05, 0) is 45.8 Å². The molecule has 104 valence electrons. The molecule has 0 unspecified atom stereocenters. The molecule has 0 radical (unpaired) electrons. The van der Waals surface area contributed by atoms with Crippen LogP contribution >= 0.6 is 0 Å². The number of aliphatic hydroxyl groups is 1. The third-order valence-corrected chi connectivity index (χ3v) is 4.43. The summed E-state index contributed by atoms with van der Waals surface area (Å²) in [5.74, 6) is 0.175. The van der Waals surface area contributed by atoms with Crippen LogP contribution in [0.3, 0.4) is 0 Å². The van der Waals surface area contributed by atoms with Crippen LogP contribution in [0.5, 0.6) is 0 Å². The third kappa shape index (κ3) is 2.68. The fourth-order valence-electron chi connectivity index (χ4n) is 2.83. The van der Waals surface area contributed by atoms with Gasteiger partial charge in [-0.2, -0.15) is 0 Å².